The summed E-state index contributed by atoms with van der Waals surface area (Å²) in [5, 5.41) is 0.378. The van der Waals surface area contributed by atoms with Gasteiger partial charge in [0.2, 0.25) is 0 Å². The molecule has 0 N–H and O–H groups in total. The molecule has 1 aliphatic heterocycles. The third-order valence-electron chi connectivity index (χ3n) is 4.72. The topological polar surface area (TPSA) is 36.4 Å². The van der Waals surface area contributed by atoms with Gasteiger partial charge in [0.05, 0.1) is 0 Å². The number of carbonyl (C=O) groups excluding carboxylic acids is 1. The van der Waals surface area contributed by atoms with E-state index in [0.29, 0.717) is 10.7 Å². The number of hydrogen-bond acceptors (Lipinski definition) is 3. The van der Waals surface area contributed by atoms with Gasteiger partial charge < -0.3 is 4.90 Å². The van der Waals surface area contributed by atoms with E-state index in [1.165, 1.54) is 5.56 Å². The molecule has 0 unspecified atom stereocenters. The Kier molecular flexibility index (Phi) is 5.64. The molecular weight excluding hydrogens is 346 g/mol. The summed E-state index contributed by atoms with van der Waals surface area (Å²) in [5.74, 6) is 0.0409. The number of carbonyl (C=O) groups is 1. The van der Waals surface area contributed by atoms with Gasteiger partial charge in [-0.3, -0.25) is 9.69 Å². The Hall–Kier alpha value is -1.91. The second-order valence-corrected chi connectivity index (χ2v) is 8.25. The maximum absolute atomic E-state index is 12.9. The predicted octanol–water partition coefficient (Wildman–Crippen LogP) is 3.99. The van der Waals surface area contributed by atoms with Crippen LogP contribution in [0.4, 0.5) is 0 Å². The molecule has 0 spiro atoms. The Labute approximate surface area is 160 Å². The van der Waals surface area contributed by atoms with Gasteiger partial charge in [0.1, 0.15) is 5.15 Å². The van der Waals surface area contributed by atoms with Crippen molar-refractivity contribution in [3.05, 3.63) is 64.4 Å². The molecule has 2 heterocycles. The average Bonchev–Trinajstić information content (AvgIpc) is 2.61. The van der Waals surface area contributed by atoms with Crippen molar-refractivity contribution in [2.75, 3.05) is 26.2 Å². The SMILES string of the molecule is CC(C)(C)c1cc(C(=O)N2CCN(Cc3ccccc3)CC2)cc(Cl)n1. The molecule has 4 nitrogen and oxygen atoms in total. The molecule has 0 radical (unpaired) electrons. The van der Waals surface area contributed by atoms with E-state index in [0.717, 1.165) is 38.4 Å². The third-order valence-corrected chi connectivity index (χ3v) is 4.91. The first-order valence-electron chi connectivity index (χ1n) is 9.06. The van der Waals surface area contributed by atoms with E-state index in [1.54, 1.807) is 6.07 Å². The average molecular weight is 372 g/mol. The molecule has 138 valence electrons. The lowest BCUT2D eigenvalue weighted by Crippen LogP contribution is -2.48. The van der Waals surface area contributed by atoms with Gasteiger partial charge >= 0.3 is 0 Å². The zero-order chi connectivity index (χ0) is 18.7. The summed E-state index contributed by atoms with van der Waals surface area (Å²) < 4.78 is 0. The van der Waals surface area contributed by atoms with Crippen molar-refractivity contribution in [2.45, 2.75) is 32.7 Å². The van der Waals surface area contributed by atoms with Gasteiger partial charge in [0.15, 0.2) is 0 Å². The largest absolute Gasteiger partial charge is 0.336 e. The molecule has 26 heavy (non-hydrogen) atoms. The Balaban J connectivity index is 1.64. The number of halogens is 1. The van der Waals surface area contributed by atoms with Gasteiger partial charge in [0.25, 0.3) is 5.91 Å². The number of pyridine rings is 1. The van der Waals surface area contributed by atoms with Crippen molar-refractivity contribution in [1.29, 1.82) is 0 Å². The molecule has 0 aliphatic carbocycles. The van der Waals surface area contributed by atoms with E-state index in [4.69, 9.17) is 11.6 Å². The second-order valence-electron chi connectivity index (χ2n) is 7.87. The van der Waals surface area contributed by atoms with Gasteiger partial charge in [-0.2, -0.15) is 0 Å². The van der Waals surface area contributed by atoms with Crippen molar-refractivity contribution in [2.24, 2.45) is 0 Å². The Bertz CT molecular complexity index is 763. The molecule has 0 bridgehead atoms. The molecule has 1 amide bonds. The number of nitrogens with zero attached hydrogens (tertiary/aromatic N) is 3. The summed E-state index contributed by atoms with van der Waals surface area (Å²) in [7, 11) is 0. The second kappa shape index (κ2) is 7.77. The maximum atomic E-state index is 12.9. The summed E-state index contributed by atoms with van der Waals surface area (Å²) in [6.07, 6.45) is 0. The maximum Gasteiger partial charge on any atom is 0.254 e. The van der Waals surface area contributed by atoms with Gasteiger partial charge in [0, 0.05) is 49.4 Å². The molecule has 1 aromatic heterocycles. The van der Waals surface area contributed by atoms with Gasteiger partial charge in [-0.1, -0.05) is 62.7 Å². The van der Waals surface area contributed by atoms with Crippen LogP contribution < -0.4 is 0 Å². The van der Waals surface area contributed by atoms with E-state index in [1.807, 2.05) is 17.0 Å². The van der Waals surface area contributed by atoms with Crippen molar-refractivity contribution < 1.29 is 4.79 Å². The standard InChI is InChI=1S/C21H26ClN3O/c1-21(2,3)18-13-17(14-19(22)23-18)20(26)25-11-9-24(10-12-25)15-16-7-5-4-6-8-16/h4-8,13-14H,9-12,15H2,1-3H3. The van der Waals surface area contributed by atoms with Crippen LogP contribution >= 0.6 is 11.6 Å². The fourth-order valence-electron chi connectivity index (χ4n) is 3.14. The summed E-state index contributed by atoms with van der Waals surface area (Å²) in [4.78, 5) is 21.6. The van der Waals surface area contributed by atoms with E-state index < -0.39 is 0 Å². The molecule has 1 fully saturated rings. The lowest BCUT2D eigenvalue weighted by atomic mass is 9.90. The van der Waals surface area contributed by atoms with Crippen molar-refractivity contribution >= 4 is 17.5 Å². The number of aromatic nitrogens is 1. The van der Waals surface area contributed by atoms with Crippen LogP contribution in [-0.4, -0.2) is 46.9 Å². The lowest BCUT2D eigenvalue weighted by molar-refractivity contribution is 0.0628. The molecule has 0 saturated carbocycles. The number of rotatable bonds is 3. The van der Waals surface area contributed by atoms with E-state index in [9.17, 15) is 4.79 Å². The zero-order valence-corrected chi connectivity index (χ0v) is 16.5. The monoisotopic (exact) mass is 371 g/mol. The molecule has 1 aliphatic rings. The van der Waals surface area contributed by atoms with Crippen LogP contribution in [0.2, 0.25) is 5.15 Å². The lowest BCUT2D eigenvalue weighted by Gasteiger charge is -2.35. The Morgan fingerprint density at radius 2 is 1.73 bits per heavy atom. The summed E-state index contributed by atoms with van der Waals surface area (Å²) in [6.45, 7) is 10.4. The third kappa shape index (κ3) is 4.63. The zero-order valence-electron chi connectivity index (χ0n) is 15.7. The normalized spacial score (nSPS) is 15.9. The van der Waals surface area contributed by atoms with Crippen LogP contribution in [0.5, 0.6) is 0 Å². The molecule has 0 atom stereocenters. The molecular formula is C21H26ClN3O. The highest BCUT2D eigenvalue weighted by atomic mass is 35.5. The smallest absolute Gasteiger partial charge is 0.254 e. The van der Waals surface area contributed by atoms with E-state index in [-0.39, 0.29) is 11.3 Å². The molecule has 3 rings (SSSR count). The first kappa shape index (κ1) is 18.9. The number of amides is 1. The highest BCUT2D eigenvalue weighted by Crippen LogP contribution is 2.24. The summed E-state index contributed by atoms with van der Waals surface area (Å²) in [6, 6.07) is 14.0. The summed E-state index contributed by atoms with van der Waals surface area (Å²) >= 11 is 6.16. The minimum Gasteiger partial charge on any atom is -0.336 e. The van der Waals surface area contributed by atoms with Gasteiger partial charge in [-0.25, -0.2) is 4.98 Å². The van der Waals surface area contributed by atoms with E-state index in [2.05, 4.69) is 54.9 Å². The summed E-state index contributed by atoms with van der Waals surface area (Å²) in [5.41, 5.74) is 2.64. The molecule has 1 saturated heterocycles. The Morgan fingerprint density at radius 1 is 1.08 bits per heavy atom. The van der Waals surface area contributed by atoms with Crippen LogP contribution in [0.3, 0.4) is 0 Å². The molecule has 2 aromatic rings. The highest BCUT2D eigenvalue weighted by molar-refractivity contribution is 6.29. The number of piperazine rings is 1. The highest BCUT2D eigenvalue weighted by Gasteiger charge is 2.24. The van der Waals surface area contributed by atoms with Crippen molar-refractivity contribution in [1.82, 2.24) is 14.8 Å². The van der Waals surface area contributed by atoms with Crippen LogP contribution in [0.25, 0.3) is 0 Å². The Morgan fingerprint density at radius 3 is 2.35 bits per heavy atom. The quantitative estimate of drug-likeness (QED) is 0.765. The van der Waals surface area contributed by atoms with Crippen molar-refractivity contribution in [3.8, 4) is 0 Å². The van der Waals surface area contributed by atoms with E-state index >= 15 is 0 Å². The minimum absolute atomic E-state index is 0.0409. The van der Waals surface area contributed by atoms with Crippen molar-refractivity contribution in [3.63, 3.8) is 0 Å². The number of hydrogen-bond donors (Lipinski definition) is 0. The first-order chi connectivity index (χ1) is 12.3. The van der Waals surface area contributed by atoms with Crippen LogP contribution in [-0.2, 0) is 12.0 Å². The number of benzene rings is 1. The first-order valence-corrected chi connectivity index (χ1v) is 9.44. The fourth-order valence-corrected chi connectivity index (χ4v) is 3.35. The molecule has 1 aromatic carbocycles. The molecule has 5 heteroatoms. The minimum atomic E-state index is -0.145. The predicted molar refractivity (Wildman–Crippen MR) is 106 cm³/mol. The van der Waals surface area contributed by atoms with Gasteiger partial charge in [-0.15, -0.1) is 0 Å². The van der Waals surface area contributed by atoms with Crippen LogP contribution in [0.1, 0.15) is 42.4 Å². The van der Waals surface area contributed by atoms with Gasteiger partial charge in [-0.05, 0) is 17.7 Å². The van der Waals surface area contributed by atoms with Crippen LogP contribution in [0.15, 0.2) is 42.5 Å². The van der Waals surface area contributed by atoms with Crippen LogP contribution in [0, 0.1) is 0 Å². The fraction of sp³-hybridized carbons (Fsp3) is 0.429.